The van der Waals surface area contributed by atoms with Gasteiger partial charge in [-0.2, -0.15) is 0 Å². The average molecular weight is 334 g/mol. The van der Waals surface area contributed by atoms with Crippen molar-refractivity contribution in [3.05, 3.63) is 22.5 Å². The minimum absolute atomic E-state index is 0.0411. The van der Waals surface area contributed by atoms with E-state index in [9.17, 15) is 14.4 Å². The van der Waals surface area contributed by atoms with Crippen molar-refractivity contribution in [2.45, 2.75) is 40.5 Å². The lowest BCUT2D eigenvalue weighted by atomic mass is 9.97. The summed E-state index contributed by atoms with van der Waals surface area (Å²) >= 11 is 0. The lowest BCUT2D eigenvalue weighted by molar-refractivity contribution is -0.149. The molecule has 0 bridgehead atoms. The summed E-state index contributed by atoms with van der Waals surface area (Å²) in [6, 6.07) is 0. The Morgan fingerprint density at radius 3 is 2.58 bits per heavy atom. The molecular formula is C18H26N2O4. The number of aromatic nitrogens is 1. The van der Waals surface area contributed by atoms with Crippen LogP contribution in [-0.4, -0.2) is 53.7 Å². The molecule has 1 aliphatic heterocycles. The van der Waals surface area contributed by atoms with E-state index in [0.717, 1.165) is 25.1 Å². The van der Waals surface area contributed by atoms with Crippen molar-refractivity contribution in [3.8, 4) is 0 Å². The van der Waals surface area contributed by atoms with Crippen LogP contribution in [0.3, 0.4) is 0 Å². The van der Waals surface area contributed by atoms with Gasteiger partial charge in [0, 0.05) is 17.8 Å². The maximum Gasteiger partial charge on any atom is 0.310 e. The quantitative estimate of drug-likeness (QED) is 0.638. The normalized spacial score (nSPS) is 18.4. The van der Waals surface area contributed by atoms with Crippen LogP contribution in [0.4, 0.5) is 0 Å². The summed E-state index contributed by atoms with van der Waals surface area (Å²) in [5.41, 5.74) is 2.53. The molecule has 2 rings (SSSR count). The molecule has 0 spiro atoms. The van der Waals surface area contributed by atoms with E-state index >= 15 is 0 Å². The molecule has 0 aliphatic carbocycles. The van der Waals surface area contributed by atoms with E-state index in [2.05, 4.69) is 4.98 Å². The zero-order chi connectivity index (χ0) is 17.9. The topological polar surface area (TPSA) is 79.5 Å². The fourth-order valence-corrected chi connectivity index (χ4v) is 3.49. The van der Waals surface area contributed by atoms with Gasteiger partial charge < -0.3 is 9.72 Å². The molecule has 24 heavy (non-hydrogen) atoms. The number of ether oxygens (including phenoxy) is 1. The fraction of sp³-hybridized carbons (Fsp3) is 0.611. The smallest absolute Gasteiger partial charge is 0.310 e. The third-order valence-electron chi connectivity index (χ3n) is 4.56. The minimum Gasteiger partial charge on any atom is -0.466 e. The van der Waals surface area contributed by atoms with Crippen molar-refractivity contribution in [1.82, 2.24) is 9.88 Å². The number of hydrogen-bond donors (Lipinski definition) is 1. The Morgan fingerprint density at radius 2 is 2.00 bits per heavy atom. The van der Waals surface area contributed by atoms with Gasteiger partial charge in [0.2, 0.25) is 0 Å². The summed E-state index contributed by atoms with van der Waals surface area (Å²) in [7, 11) is 0. The summed E-state index contributed by atoms with van der Waals surface area (Å²) < 4.78 is 5.09. The number of carbonyl (C=O) groups is 3. The molecule has 6 nitrogen and oxygen atoms in total. The molecule has 0 aromatic carbocycles. The number of likely N-dealkylation sites (tertiary alicyclic amines) is 1. The molecule has 0 saturated carbocycles. The number of ketones is 2. The van der Waals surface area contributed by atoms with Crippen LogP contribution in [0.1, 0.15) is 58.8 Å². The Morgan fingerprint density at radius 1 is 1.29 bits per heavy atom. The molecule has 1 aromatic heterocycles. The number of nitrogens with one attached hydrogen (secondary N) is 1. The van der Waals surface area contributed by atoms with Crippen LogP contribution in [0.15, 0.2) is 0 Å². The maximum atomic E-state index is 12.6. The van der Waals surface area contributed by atoms with Gasteiger partial charge in [0.25, 0.3) is 0 Å². The summed E-state index contributed by atoms with van der Waals surface area (Å²) in [6.45, 7) is 8.86. The molecule has 1 aliphatic rings. The molecule has 1 fully saturated rings. The molecule has 0 radical (unpaired) electrons. The van der Waals surface area contributed by atoms with Crippen molar-refractivity contribution in [2.24, 2.45) is 5.92 Å². The number of aromatic amines is 1. The standard InChI is InChI=1S/C18H26N2O4/c1-5-24-18(23)14-7-6-8-20(9-14)10-15(22)17-11(2)16(13(4)21)12(3)19-17/h14,19H,5-10H2,1-4H3. The summed E-state index contributed by atoms with van der Waals surface area (Å²) in [4.78, 5) is 41.3. The summed E-state index contributed by atoms with van der Waals surface area (Å²) in [6.07, 6.45) is 1.68. The zero-order valence-electron chi connectivity index (χ0n) is 14.9. The van der Waals surface area contributed by atoms with Crippen LogP contribution >= 0.6 is 0 Å². The largest absolute Gasteiger partial charge is 0.466 e. The predicted molar refractivity (Wildman–Crippen MR) is 90.4 cm³/mol. The van der Waals surface area contributed by atoms with Crippen LogP contribution in [0.2, 0.25) is 0 Å². The monoisotopic (exact) mass is 334 g/mol. The minimum atomic E-state index is -0.180. The number of nitrogens with zero attached hydrogens (tertiary/aromatic N) is 1. The van der Waals surface area contributed by atoms with Gasteiger partial charge in [-0.05, 0) is 52.6 Å². The van der Waals surface area contributed by atoms with Gasteiger partial charge in [0.15, 0.2) is 11.6 Å². The first-order valence-corrected chi connectivity index (χ1v) is 8.47. The number of piperidine rings is 1. The second-order valence-electron chi connectivity index (χ2n) is 6.43. The first kappa shape index (κ1) is 18.4. The predicted octanol–water partition coefficient (Wildman–Crippen LogP) is 2.29. The van der Waals surface area contributed by atoms with Gasteiger partial charge in [0.1, 0.15) is 0 Å². The van der Waals surface area contributed by atoms with E-state index in [0.29, 0.717) is 30.0 Å². The molecule has 2 heterocycles. The molecule has 1 unspecified atom stereocenters. The number of rotatable bonds is 6. The van der Waals surface area contributed by atoms with Gasteiger partial charge in [0.05, 0.1) is 24.8 Å². The summed E-state index contributed by atoms with van der Waals surface area (Å²) in [5.74, 6) is -0.431. The lowest BCUT2D eigenvalue weighted by Gasteiger charge is -2.30. The average Bonchev–Trinajstić information content (AvgIpc) is 2.82. The van der Waals surface area contributed by atoms with Crippen LogP contribution in [0, 0.1) is 19.8 Å². The van der Waals surface area contributed by atoms with E-state index in [-0.39, 0.29) is 30.0 Å². The second-order valence-corrected chi connectivity index (χ2v) is 6.43. The van der Waals surface area contributed by atoms with Crippen LogP contribution in [0.5, 0.6) is 0 Å². The van der Waals surface area contributed by atoms with E-state index in [4.69, 9.17) is 4.74 Å². The maximum absolute atomic E-state index is 12.6. The molecule has 1 N–H and O–H groups in total. The number of Topliss-reactive ketones (excluding diaryl/α,β-unsaturated/α-hetero) is 2. The van der Waals surface area contributed by atoms with Crippen LogP contribution in [-0.2, 0) is 9.53 Å². The van der Waals surface area contributed by atoms with Gasteiger partial charge in [-0.15, -0.1) is 0 Å². The molecule has 6 heteroatoms. The Balaban J connectivity index is 2.06. The van der Waals surface area contributed by atoms with Crippen LogP contribution in [0.25, 0.3) is 0 Å². The highest BCUT2D eigenvalue weighted by Gasteiger charge is 2.29. The van der Waals surface area contributed by atoms with Crippen molar-refractivity contribution in [2.75, 3.05) is 26.2 Å². The van der Waals surface area contributed by atoms with Crippen molar-refractivity contribution in [1.29, 1.82) is 0 Å². The number of H-pyrrole nitrogens is 1. The number of aryl methyl sites for hydroxylation is 1. The number of hydrogen-bond acceptors (Lipinski definition) is 5. The second kappa shape index (κ2) is 7.75. The Labute approximate surface area is 142 Å². The van der Waals surface area contributed by atoms with Gasteiger partial charge in [-0.3, -0.25) is 19.3 Å². The van der Waals surface area contributed by atoms with E-state index < -0.39 is 0 Å². The Bertz CT molecular complexity index is 648. The van der Waals surface area contributed by atoms with Gasteiger partial charge in [-0.1, -0.05) is 0 Å². The SMILES string of the molecule is CCOC(=O)C1CCCN(CC(=O)c2[nH]c(C)c(C(C)=O)c2C)C1. The van der Waals surface area contributed by atoms with Crippen molar-refractivity contribution in [3.63, 3.8) is 0 Å². The molecule has 0 amide bonds. The molecule has 1 atom stereocenters. The molecule has 1 aromatic rings. The van der Waals surface area contributed by atoms with Gasteiger partial charge >= 0.3 is 5.97 Å². The highest BCUT2D eigenvalue weighted by Crippen LogP contribution is 2.21. The molecule has 1 saturated heterocycles. The van der Waals surface area contributed by atoms with Crippen molar-refractivity contribution < 1.29 is 19.1 Å². The summed E-state index contributed by atoms with van der Waals surface area (Å²) in [5, 5.41) is 0. The third-order valence-corrected chi connectivity index (χ3v) is 4.56. The third kappa shape index (κ3) is 3.93. The number of carbonyl (C=O) groups excluding carboxylic acids is 3. The molecule has 132 valence electrons. The highest BCUT2D eigenvalue weighted by molar-refractivity contribution is 6.03. The van der Waals surface area contributed by atoms with Gasteiger partial charge in [-0.25, -0.2) is 0 Å². The zero-order valence-corrected chi connectivity index (χ0v) is 14.9. The number of esters is 1. The Hall–Kier alpha value is -1.95. The van der Waals surface area contributed by atoms with E-state index in [1.54, 1.807) is 20.8 Å². The van der Waals surface area contributed by atoms with Crippen molar-refractivity contribution >= 4 is 17.5 Å². The highest BCUT2D eigenvalue weighted by atomic mass is 16.5. The molecular weight excluding hydrogens is 308 g/mol. The van der Waals surface area contributed by atoms with Crippen LogP contribution < -0.4 is 0 Å². The van der Waals surface area contributed by atoms with E-state index in [1.807, 2.05) is 4.90 Å². The first-order chi connectivity index (χ1) is 11.3. The Kier molecular flexibility index (Phi) is 5.94. The lowest BCUT2D eigenvalue weighted by Crippen LogP contribution is -2.42. The van der Waals surface area contributed by atoms with E-state index in [1.165, 1.54) is 6.92 Å². The first-order valence-electron chi connectivity index (χ1n) is 8.47. The fourth-order valence-electron chi connectivity index (χ4n) is 3.49.